The Kier molecular flexibility index (Phi) is 6.66. The van der Waals surface area contributed by atoms with E-state index in [0.29, 0.717) is 17.5 Å². The third-order valence-electron chi connectivity index (χ3n) is 6.74. The van der Waals surface area contributed by atoms with Crippen LogP contribution in [-0.2, 0) is 10.8 Å². The Labute approximate surface area is 225 Å². The Morgan fingerprint density at radius 1 is 0.421 bits per heavy atom. The third-order valence-corrected chi connectivity index (χ3v) is 6.74. The van der Waals surface area contributed by atoms with Crippen molar-refractivity contribution in [1.82, 2.24) is 19.9 Å². The molecular formula is C34H34N4. The van der Waals surface area contributed by atoms with Crippen molar-refractivity contribution in [2.75, 3.05) is 0 Å². The number of hydrogen-bond donors (Lipinski definition) is 0. The van der Waals surface area contributed by atoms with Gasteiger partial charge in [-0.1, -0.05) is 120 Å². The highest BCUT2D eigenvalue weighted by Gasteiger charge is 2.17. The Balaban J connectivity index is 1.59. The Bertz CT molecular complexity index is 1450. The van der Waals surface area contributed by atoms with Crippen molar-refractivity contribution in [3.8, 4) is 45.4 Å². The molecule has 2 heterocycles. The molecule has 38 heavy (non-hydrogen) atoms. The molecule has 5 aromatic rings. The van der Waals surface area contributed by atoms with Gasteiger partial charge in [0.15, 0.2) is 17.5 Å². The average molecular weight is 499 g/mol. The van der Waals surface area contributed by atoms with E-state index in [4.69, 9.17) is 19.9 Å². The molecule has 0 radical (unpaired) electrons. The van der Waals surface area contributed by atoms with Crippen molar-refractivity contribution in [2.24, 2.45) is 0 Å². The van der Waals surface area contributed by atoms with E-state index in [0.717, 1.165) is 27.9 Å². The van der Waals surface area contributed by atoms with E-state index in [9.17, 15) is 0 Å². The summed E-state index contributed by atoms with van der Waals surface area (Å²) in [5.41, 5.74) is 7.47. The zero-order valence-electron chi connectivity index (χ0n) is 23.0. The molecule has 4 heteroatoms. The molecule has 0 fully saturated rings. The summed E-state index contributed by atoms with van der Waals surface area (Å²) in [6.07, 6.45) is 1.84. The molecule has 0 aliphatic rings. The molecular weight excluding hydrogens is 464 g/mol. The summed E-state index contributed by atoms with van der Waals surface area (Å²) in [5.74, 6) is 1.91. The van der Waals surface area contributed by atoms with Crippen LogP contribution in [0.15, 0.2) is 97.2 Å². The van der Waals surface area contributed by atoms with Gasteiger partial charge in [0.2, 0.25) is 0 Å². The van der Waals surface area contributed by atoms with Crippen LogP contribution in [0.3, 0.4) is 0 Å². The third kappa shape index (κ3) is 5.55. The standard InChI is InChI=1S/C34H34N4/c1-33(2,3)27-17-12-24(13-18-27)30-36-31(25-14-19-28(20-15-25)34(4,5)6)38-32(37-30)26-16-21-29(35-22-26)23-10-8-7-9-11-23/h7-22H,1-6H3. The van der Waals surface area contributed by atoms with Crippen LogP contribution in [0.2, 0.25) is 0 Å². The van der Waals surface area contributed by atoms with Crippen molar-refractivity contribution in [2.45, 2.75) is 52.4 Å². The summed E-state index contributed by atoms with van der Waals surface area (Å²) in [5, 5.41) is 0. The van der Waals surface area contributed by atoms with Crippen LogP contribution >= 0.6 is 0 Å². The topological polar surface area (TPSA) is 51.6 Å². The predicted molar refractivity (Wildman–Crippen MR) is 157 cm³/mol. The molecule has 2 aromatic heterocycles. The fraction of sp³-hybridized carbons (Fsp3) is 0.235. The normalized spacial score (nSPS) is 11.9. The highest BCUT2D eigenvalue weighted by atomic mass is 15.0. The quantitative estimate of drug-likeness (QED) is 0.249. The molecule has 3 aromatic carbocycles. The molecule has 0 saturated heterocycles. The number of nitrogens with zero attached hydrogens (tertiary/aromatic N) is 4. The van der Waals surface area contributed by atoms with Crippen LogP contribution in [-0.4, -0.2) is 19.9 Å². The van der Waals surface area contributed by atoms with Gasteiger partial charge in [-0.25, -0.2) is 15.0 Å². The molecule has 190 valence electrons. The second-order valence-corrected chi connectivity index (χ2v) is 11.8. The van der Waals surface area contributed by atoms with Gasteiger partial charge in [-0.15, -0.1) is 0 Å². The van der Waals surface area contributed by atoms with Crippen molar-refractivity contribution >= 4 is 0 Å². The maximum atomic E-state index is 4.91. The first-order valence-corrected chi connectivity index (χ1v) is 13.1. The molecule has 0 atom stereocenters. The summed E-state index contributed by atoms with van der Waals surface area (Å²) < 4.78 is 0. The minimum Gasteiger partial charge on any atom is -0.255 e. The second-order valence-electron chi connectivity index (χ2n) is 11.8. The lowest BCUT2D eigenvalue weighted by Gasteiger charge is -2.19. The van der Waals surface area contributed by atoms with Gasteiger partial charge in [0.1, 0.15) is 0 Å². The summed E-state index contributed by atoms with van der Waals surface area (Å²) in [6, 6.07) is 31.3. The SMILES string of the molecule is CC(C)(C)c1ccc(-c2nc(-c3ccc(C(C)(C)C)cc3)nc(-c3ccc(-c4ccccc4)nc3)n2)cc1. The first kappa shape index (κ1) is 25.5. The fourth-order valence-corrected chi connectivity index (χ4v) is 4.31. The van der Waals surface area contributed by atoms with E-state index >= 15 is 0 Å². The van der Waals surface area contributed by atoms with E-state index in [-0.39, 0.29) is 10.8 Å². The van der Waals surface area contributed by atoms with Gasteiger partial charge in [0, 0.05) is 28.5 Å². The van der Waals surface area contributed by atoms with Crippen molar-refractivity contribution in [1.29, 1.82) is 0 Å². The van der Waals surface area contributed by atoms with Crippen LogP contribution in [0, 0.1) is 0 Å². The van der Waals surface area contributed by atoms with Gasteiger partial charge in [-0.3, -0.25) is 4.98 Å². The van der Waals surface area contributed by atoms with Crippen LogP contribution in [0.1, 0.15) is 52.7 Å². The van der Waals surface area contributed by atoms with Crippen LogP contribution in [0.25, 0.3) is 45.4 Å². The summed E-state index contributed by atoms with van der Waals surface area (Å²) in [7, 11) is 0. The Hall–Kier alpha value is -4.18. The minimum absolute atomic E-state index is 0.0783. The van der Waals surface area contributed by atoms with Gasteiger partial charge < -0.3 is 0 Å². The number of aromatic nitrogens is 4. The van der Waals surface area contributed by atoms with Crippen LogP contribution in [0.4, 0.5) is 0 Å². The zero-order valence-corrected chi connectivity index (χ0v) is 23.0. The van der Waals surface area contributed by atoms with Crippen LogP contribution in [0.5, 0.6) is 0 Å². The molecule has 0 amide bonds. The molecule has 0 saturated carbocycles. The maximum absolute atomic E-state index is 4.91. The molecule has 0 aliphatic heterocycles. The molecule has 0 aliphatic carbocycles. The van der Waals surface area contributed by atoms with E-state index in [1.165, 1.54) is 11.1 Å². The predicted octanol–water partition coefficient (Wildman–Crippen LogP) is 8.53. The van der Waals surface area contributed by atoms with Crippen LogP contribution < -0.4 is 0 Å². The van der Waals surface area contributed by atoms with Gasteiger partial charge in [-0.2, -0.15) is 0 Å². The number of pyridine rings is 1. The maximum Gasteiger partial charge on any atom is 0.165 e. The average Bonchev–Trinajstić information content (AvgIpc) is 2.92. The van der Waals surface area contributed by atoms with E-state index in [1.54, 1.807) is 0 Å². The van der Waals surface area contributed by atoms with Crippen molar-refractivity contribution in [3.05, 3.63) is 108 Å². The van der Waals surface area contributed by atoms with E-state index in [1.807, 2.05) is 36.5 Å². The smallest absolute Gasteiger partial charge is 0.165 e. The monoisotopic (exact) mass is 498 g/mol. The molecule has 4 nitrogen and oxygen atoms in total. The van der Waals surface area contributed by atoms with Gasteiger partial charge in [0.25, 0.3) is 0 Å². The van der Waals surface area contributed by atoms with Gasteiger partial charge in [-0.05, 0) is 34.1 Å². The molecule has 0 spiro atoms. The molecule has 0 bridgehead atoms. The second kappa shape index (κ2) is 9.94. The van der Waals surface area contributed by atoms with E-state index in [2.05, 4.69) is 102 Å². The summed E-state index contributed by atoms with van der Waals surface area (Å²) in [4.78, 5) is 19.4. The van der Waals surface area contributed by atoms with Gasteiger partial charge in [0.05, 0.1) is 5.69 Å². The Morgan fingerprint density at radius 2 is 0.842 bits per heavy atom. The van der Waals surface area contributed by atoms with Crippen molar-refractivity contribution in [3.63, 3.8) is 0 Å². The first-order valence-electron chi connectivity index (χ1n) is 13.1. The Morgan fingerprint density at radius 3 is 1.24 bits per heavy atom. The number of hydrogen-bond acceptors (Lipinski definition) is 4. The highest BCUT2D eigenvalue weighted by molar-refractivity contribution is 5.68. The molecule has 0 unspecified atom stereocenters. The lowest BCUT2D eigenvalue weighted by molar-refractivity contribution is 0.590. The summed E-state index contributed by atoms with van der Waals surface area (Å²) in [6.45, 7) is 13.3. The minimum atomic E-state index is 0.0783. The number of benzene rings is 3. The summed E-state index contributed by atoms with van der Waals surface area (Å²) >= 11 is 0. The highest BCUT2D eigenvalue weighted by Crippen LogP contribution is 2.29. The zero-order chi connectivity index (χ0) is 26.9. The van der Waals surface area contributed by atoms with E-state index < -0.39 is 0 Å². The largest absolute Gasteiger partial charge is 0.255 e. The van der Waals surface area contributed by atoms with Crippen molar-refractivity contribution < 1.29 is 0 Å². The first-order chi connectivity index (χ1) is 18.1. The lowest BCUT2D eigenvalue weighted by atomic mass is 9.86. The molecule has 5 rings (SSSR count). The fourth-order valence-electron chi connectivity index (χ4n) is 4.31. The lowest BCUT2D eigenvalue weighted by Crippen LogP contribution is -2.10. The number of rotatable bonds is 4. The van der Waals surface area contributed by atoms with Gasteiger partial charge >= 0.3 is 0 Å². The molecule has 0 N–H and O–H groups in total.